The molecule has 0 bridgehead atoms. The number of rotatable bonds is 4. The first kappa shape index (κ1) is 15.2. The molecule has 21 heavy (non-hydrogen) atoms. The van der Waals surface area contributed by atoms with Crippen LogP contribution in [0.3, 0.4) is 0 Å². The molecule has 0 aromatic heterocycles. The van der Waals surface area contributed by atoms with E-state index in [1.165, 1.54) is 6.07 Å². The Morgan fingerprint density at radius 1 is 0.810 bits per heavy atom. The summed E-state index contributed by atoms with van der Waals surface area (Å²) in [5.74, 6) is 0. The molecule has 108 valence electrons. The molecule has 0 unspecified atom stereocenters. The Bertz CT molecular complexity index is 705. The van der Waals surface area contributed by atoms with Gasteiger partial charge in [0.2, 0.25) is 0 Å². The second-order valence-corrected chi connectivity index (χ2v) is 5.49. The first-order valence-electron chi connectivity index (χ1n) is 5.70. The fourth-order valence-electron chi connectivity index (χ4n) is 1.83. The minimum atomic E-state index is -1.54. The molecule has 0 saturated carbocycles. The quantitative estimate of drug-likeness (QED) is 0.479. The van der Waals surface area contributed by atoms with Crippen molar-refractivity contribution in [1.29, 1.82) is 0 Å². The van der Waals surface area contributed by atoms with E-state index in [1.807, 2.05) is 0 Å². The Morgan fingerprint density at radius 2 is 1.38 bits per heavy atom. The summed E-state index contributed by atoms with van der Waals surface area (Å²) in [7, 11) is 0. The third-order valence-corrected chi connectivity index (χ3v) is 3.74. The van der Waals surface area contributed by atoms with E-state index in [-0.39, 0.29) is 5.56 Å². The highest BCUT2D eigenvalue weighted by Crippen LogP contribution is 2.43. The molecule has 0 saturated heterocycles. The summed E-state index contributed by atoms with van der Waals surface area (Å²) < 4.78 is -1.54. The number of benzene rings is 2. The van der Waals surface area contributed by atoms with Gasteiger partial charge in [0.1, 0.15) is 0 Å². The summed E-state index contributed by atoms with van der Waals surface area (Å²) in [6.07, 6.45) is 0. The van der Waals surface area contributed by atoms with Crippen LogP contribution in [0.4, 0.5) is 11.4 Å². The lowest BCUT2D eigenvalue weighted by Crippen LogP contribution is -2.13. The van der Waals surface area contributed by atoms with Crippen LogP contribution in [-0.2, 0) is 4.33 Å². The molecule has 0 N–H and O–H groups in total. The van der Waals surface area contributed by atoms with Crippen LogP contribution >= 0.6 is 23.2 Å². The Labute approximate surface area is 129 Å². The standard InChI is InChI=1S/C13H8Cl2N2O4/c14-13(15,9-4-2-1-3-5-9)10-6-7-11(16(18)19)12(8-10)17(20)21/h1-8H. The minimum Gasteiger partial charge on any atom is -0.258 e. The molecule has 0 spiro atoms. The summed E-state index contributed by atoms with van der Waals surface area (Å²) >= 11 is 12.5. The van der Waals surface area contributed by atoms with Gasteiger partial charge < -0.3 is 0 Å². The molecule has 0 amide bonds. The highest BCUT2D eigenvalue weighted by molar-refractivity contribution is 6.50. The number of nitro groups is 2. The van der Waals surface area contributed by atoms with Crippen molar-refractivity contribution in [3.05, 3.63) is 79.9 Å². The Hall–Kier alpha value is -2.18. The largest absolute Gasteiger partial charge is 0.346 e. The number of hydrogen-bond donors (Lipinski definition) is 0. The van der Waals surface area contributed by atoms with Crippen LogP contribution in [0.5, 0.6) is 0 Å². The van der Waals surface area contributed by atoms with E-state index in [9.17, 15) is 20.2 Å². The third-order valence-electron chi connectivity index (χ3n) is 2.87. The normalized spacial score (nSPS) is 11.1. The highest BCUT2D eigenvalue weighted by atomic mass is 35.5. The van der Waals surface area contributed by atoms with Gasteiger partial charge in [-0.25, -0.2) is 0 Å². The van der Waals surface area contributed by atoms with Crippen LogP contribution < -0.4 is 0 Å². The van der Waals surface area contributed by atoms with Crippen LogP contribution in [0.25, 0.3) is 0 Å². The number of alkyl halides is 2. The number of halogens is 2. The molecule has 2 rings (SSSR count). The summed E-state index contributed by atoms with van der Waals surface area (Å²) in [5.41, 5.74) is -0.564. The van der Waals surface area contributed by atoms with Gasteiger partial charge in [0.15, 0.2) is 4.33 Å². The average Bonchev–Trinajstić information content (AvgIpc) is 2.47. The molecule has 0 aliphatic rings. The zero-order valence-electron chi connectivity index (χ0n) is 10.4. The maximum Gasteiger partial charge on any atom is 0.346 e. The van der Waals surface area contributed by atoms with E-state index in [1.54, 1.807) is 30.3 Å². The minimum absolute atomic E-state index is 0.189. The van der Waals surface area contributed by atoms with E-state index < -0.39 is 25.6 Å². The number of nitro benzene ring substituents is 2. The molecular weight excluding hydrogens is 319 g/mol. The van der Waals surface area contributed by atoms with Gasteiger partial charge >= 0.3 is 11.4 Å². The van der Waals surface area contributed by atoms with Crippen molar-refractivity contribution in [2.24, 2.45) is 0 Å². The first-order valence-corrected chi connectivity index (χ1v) is 6.46. The summed E-state index contributed by atoms with van der Waals surface area (Å²) in [6.45, 7) is 0. The smallest absolute Gasteiger partial charge is 0.258 e. The van der Waals surface area contributed by atoms with Gasteiger partial charge in [-0.3, -0.25) is 20.2 Å². The maximum absolute atomic E-state index is 11.0. The molecule has 0 heterocycles. The molecule has 8 heteroatoms. The fourth-order valence-corrected chi connectivity index (χ4v) is 2.32. The van der Waals surface area contributed by atoms with Gasteiger partial charge in [-0.15, -0.1) is 0 Å². The van der Waals surface area contributed by atoms with Crippen LogP contribution in [0.1, 0.15) is 11.1 Å². The molecule has 2 aromatic rings. The first-order chi connectivity index (χ1) is 9.84. The van der Waals surface area contributed by atoms with Gasteiger partial charge in [0.05, 0.1) is 9.85 Å². The van der Waals surface area contributed by atoms with Crippen LogP contribution in [0, 0.1) is 20.2 Å². The van der Waals surface area contributed by atoms with Crippen molar-refractivity contribution in [3.63, 3.8) is 0 Å². The Balaban J connectivity index is 2.57. The van der Waals surface area contributed by atoms with Crippen molar-refractivity contribution < 1.29 is 9.85 Å². The second kappa shape index (κ2) is 5.67. The van der Waals surface area contributed by atoms with Gasteiger partial charge in [-0.2, -0.15) is 0 Å². The summed E-state index contributed by atoms with van der Waals surface area (Å²) in [5, 5.41) is 21.7. The zero-order valence-corrected chi connectivity index (χ0v) is 11.9. The molecule has 0 aliphatic carbocycles. The van der Waals surface area contributed by atoms with E-state index >= 15 is 0 Å². The topological polar surface area (TPSA) is 86.3 Å². The molecule has 2 aromatic carbocycles. The molecule has 0 atom stereocenters. The van der Waals surface area contributed by atoms with Crippen molar-refractivity contribution in [2.45, 2.75) is 4.33 Å². The van der Waals surface area contributed by atoms with Crippen molar-refractivity contribution in [3.8, 4) is 0 Å². The van der Waals surface area contributed by atoms with E-state index in [0.29, 0.717) is 5.56 Å². The van der Waals surface area contributed by atoms with E-state index in [2.05, 4.69) is 0 Å². The van der Waals surface area contributed by atoms with E-state index in [4.69, 9.17) is 23.2 Å². The molecular formula is C13H8Cl2N2O4. The third kappa shape index (κ3) is 2.96. The molecule has 0 fully saturated rings. The van der Waals surface area contributed by atoms with Crippen LogP contribution in [-0.4, -0.2) is 9.85 Å². The maximum atomic E-state index is 11.0. The molecule has 6 nitrogen and oxygen atoms in total. The van der Waals surface area contributed by atoms with Gasteiger partial charge in [0.25, 0.3) is 0 Å². The second-order valence-electron chi connectivity index (χ2n) is 4.16. The number of hydrogen-bond acceptors (Lipinski definition) is 4. The van der Waals surface area contributed by atoms with Crippen molar-refractivity contribution in [2.75, 3.05) is 0 Å². The monoisotopic (exact) mass is 326 g/mol. The molecule has 0 aliphatic heterocycles. The van der Waals surface area contributed by atoms with Crippen molar-refractivity contribution >= 4 is 34.6 Å². The Kier molecular flexibility index (Phi) is 4.11. The van der Waals surface area contributed by atoms with Gasteiger partial charge in [-0.1, -0.05) is 53.5 Å². The highest BCUT2D eigenvalue weighted by Gasteiger charge is 2.33. The number of nitrogens with zero attached hydrogens (tertiary/aromatic N) is 2. The summed E-state index contributed by atoms with van der Waals surface area (Å²) in [6, 6.07) is 11.9. The van der Waals surface area contributed by atoms with Crippen LogP contribution in [0.15, 0.2) is 48.5 Å². The predicted molar refractivity (Wildman–Crippen MR) is 78.7 cm³/mol. The lowest BCUT2D eigenvalue weighted by Gasteiger charge is -2.20. The average molecular weight is 327 g/mol. The summed E-state index contributed by atoms with van der Waals surface area (Å²) in [4.78, 5) is 20.1. The predicted octanol–water partition coefficient (Wildman–Crippen LogP) is 4.18. The van der Waals surface area contributed by atoms with E-state index in [0.717, 1.165) is 12.1 Å². The molecule has 0 radical (unpaired) electrons. The van der Waals surface area contributed by atoms with Gasteiger partial charge in [-0.05, 0) is 17.2 Å². The van der Waals surface area contributed by atoms with Gasteiger partial charge in [0, 0.05) is 12.1 Å². The lowest BCUT2D eigenvalue weighted by atomic mass is 10.0. The Morgan fingerprint density at radius 3 is 1.90 bits per heavy atom. The zero-order chi connectivity index (χ0) is 15.6. The van der Waals surface area contributed by atoms with Crippen LogP contribution in [0.2, 0.25) is 0 Å². The SMILES string of the molecule is O=[N+]([O-])c1ccc(C(Cl)(Cl)c2ccccc2)cc1[N+](=O)[O-]. The lowest BCUT2D eigenvalue weighted by molar-refractivity contribution is -0.422. The fraction of sp³-hybridized carbons (Fsp3) is 0.0769. The van der Waals surface area contributed by atoms with Crippen molar-refractivity contribution in [1.82, 2.24) is 0 Å².